The van der Waals surface area contributed by atoms with Crippen molar-refractivity contribution in [2.75, 3.05) is 0 Å². The van der Waals surface area contributed by atoms with Crippen LogP contribution in [0.2, 0.25) is 0 Å². The normalized spacial score (nSPS) is 10.9. The van der Waals surface area contributed by atoms with Gasteiger partial charge in [0.15, 0.2) is 0 Å². The molecule has 0 amide bonds. The van der Waals surface area contributed by atoms with Gasteiger partial charge in [0.25, 0.3) is 0 Å². The molecule has 4 aromatic rings. The lowest BCUT2D eigenvalue weighted by atomic mass is 9.85. The highest BCUT2D eigenvalue weighted by Gasteiger charge is 2.16. The Morgan fingerprint density at radius 2 is 1.22 bits per heavy atom. The van der Waals surface area contributed by atoms with E-state index in [9.17, 15) is 0 Å². The van der Waals surface area contributed by atoms with Gasteiger partial charge in [0.1, 0.15) is 0 Å². The predicted molar refractivity (Wildman–Crippen MR) is 170 cm³/mol. The number of hydrogen-bond donors (Lipinski definition) is 0. The SMILES string of the molecule is C=C/C=C(\C=C(C)C)c1cccc(-c2c(C)c3ccccc3c3ccccc23)c1C.CC(C)C.CCC. The van der Waals surface area contributed by atoms with Gasteiger partial charge in [-0.25, -0.2) is 0 Å². The first-order valence-electron chi connectivity index (χ1n) is 13.7. The van der Waals surface area contributed by atoms with Crippen molar-refractivity contribution in [3.05, 3.63) is 114 Å². The van der Waals surface area contributed by atoms with Crippen LogP contribution >= 0.6 is 0 Å². The van der Waals surface area contributed by atoms with E-state index in [0.29, 0.717) is 0 Å². The van der Waals surface area contributed by atoms with Crippen LogP contribution in [0.15, 0.2) is 97.1 Å². The first kappa shape index (κ1) is 29.8. The molecule has 0 aliphatic rings. The van der Waals surface area contributed by atoms with Gasteiger partial charge in [0.05, 0.1) is 0 Å². The smallest absolute Gasteiger partial charge is 0.00668 e. The van der Waals surface area contributed by atoms with Crippen LogP contribution in [-0.2, 0) is 0 Å². The number of rotatable bonds is 4. The summed E-state index contributed by atoms with van der Waals surface area (Å²) in [6.45, 7) is 23.4. The fourth-order valence-corrected chi connectivity index (χ4v) is 4.54. The lowest BCUT2D eigenvalue weighted by Gasteiger charge is -2.19. The molecule has 0 atom stereocenters. The molecule has 0 radical (unpaired) electrons. The summed E-state index contributed by atoms with van der Waals surface area (Å²) < 4.78 is 0. The molecule has 0 heterocycles. The second kappa shape index (κ2) is 14.4. The summed E-state index contributed by atoms with van der Waals surface area (Å²) in [4.78, 5) is 0. The Hall–Kier alpha value is -3.38. The fraction of sp³-hybridized carbons (Fsp3) is 0.297. The Kier molecular flexibility index (Phi) is 11.6. The van der Waals surface area contributed by atoms with Gasteiger partial charge < -0.3 is 0 Å². The Balaban J connectivity index is 0.000000616. The van der Waals surface area contributed by atoms with E-state index in [2.05, 4.69) is 148 Å². The highest BCUT2D eigenvalue weighted by molar-refractivity contribution is 6.16. The molecule has 0 aliphatic heterocycles. The van der Waals surface area contributed by atoms with Crippen molar-refractivity contribution in [2.45, 2.75) is 68.7 Å². The number of allylic oxidation sites excluding steroid dienone is 5. The summed E-state index contributed by atoms with van der Waals surface area (Å²) in [5.74, 6) is 0.833. The van der Waals surface area contributed by atoms with E-state index in [-0.39, 0.29) is 0 Å². The van der Waals surface area contributed by atoms with E-state index >= 15 is 0 Å². The zero-order chi connectivity index (χ0) is 27.5. The molecular weight excluding hydrogens is 444 g/mol. The average molecular weight is 491 g/mol. The Morgan fingerprint density at radius 3 is 1.73 bits per heavy atom. The average Bonchev–Trinajstić information content (AvgIpc) is 2.85. The van der Waals surface area contributed by atoms with E-state index in [1.165, 1.54) is 66.9 Å². The minimum atomic E-state index is 0.833. The van der Waals surface area contributed by atoms with Gasteiger partial charge in [-0.05, 0) is 88.5 Å². The number of hydrogen-bond acceptors (Lipinski definition) is 0. The van der Waals surface area contributed by atoms with Crippen molar-refractivity contribution in [2.24, 2.45) is 5.92 Å². The van der Waals surface area contributed by atoms with Crippen molar-refractivity contribution >= 4 is 27.1 Å². The highest BCUT2D eigenvalue weighted by Crippen LogP contribution is 2.41. The van der Waals surface area contributed by atoms with Crippen LogP contribution in [0.4, 0.5) is 0 Å². The van der Waals surface area contributed by atoms with Crippen molar-refractivity contribution in [1.29, 1.82) is 0 Å². The molecule has 4 aromatic carbocycles. The third-order valence-corrected chi connectivity index (χ3v) is 5.85. The van der Waals surface area contributed by atoms with E-state index in [1.807, 2.05) is 6.08 Å². The van der Waals surface area contributed by atoms with E-state index in [4.69, 9.17) is 0 Å². The molecule has 0 aliphatic carbocycles. The molecule has 0 saturated heterocycles. The third kappa shape index (κ3) is 7.56. The van der Waals surface area contributed by atoms with Crippen LogP contribution in [0.3, 0.4) is 0 Å². The van der Waals surface area contributed by atoms with Crippen molar-refractivity contribution in [1.82, 2.24) is 0 Å². The van der Waals surface area contributed by atoms with Crippen molar-refractivity contribution in [3.63, 3.8) is 0 Å². The molecule has 0 saturated carbocycles. The van der Waals surface area contributed by atoms with Crippen LogP contribution in [0.25, 0.3) is 38.2 Å². The molecule has 194 valence electrons. The molecule has 4 rings (SSSR count). The molecule has 0 bridgehead atoms. The zero-order valence-corrected chi connectivity index (χ0v) is 24.6. The maximum atomic E-state index is 3.93. The number of benzene rings is 4. The minimum Gasteiger partial charge on any atom is -0.0990 e. The van der Waals surface area contributed by atoms with Crippen LogP contribution in [0.1, 0.15) is 71.6 Å². The van der Waals surface area contributed by atoms with Crippen molar-refractivity contribution < 1.29 is 0 Å². The summed E-state index contributed by atoms with van der Waals surface area (Å²) >= 11 is 0. The maximum Gasteiger partial charge on any atom is -0.00668 e. The monoisotopic (exact) mass is 490 g/mol. The van der Waals surface area contributed by atoms with Crippen LogP contribution in [-0.4, -0.2) is 0 Å². The van der Waals surface area contributed by atoms with Crippen LogP contribution < -0.4 is 0 Å². The molecule has 0 unspecified atom stereocenters. The number of aryl methyl sites for hydroxylation is 1. The summed E-state index contributed by atoms with van der Waals surface area (Å²) in [6, 6.07) is 24.2. The second-order valence-corrected chi connectivity index (χ2v) is 10.6. The molecule has 37 heavy (non-hydrogen) atoms. The Morgan fingerprint density at radius 1 is 0.730 bits per heavy atom. The Labute approximate surface area is 226 Å². The third-order valence-electron chi connectivity index (χ3n) is 5.85. The fourth-order valence-electron chi connectivity index (χ4n) is 4.54. The minimum absolute atomic E-state index is 0.833. The lowest BCUT2D eigenvalue weighted by molar-refractivity contribution is 0.737. The predicted octanol–water partition coefficient (Wildman–Crippen LogP) is 11.9. The maximum absolute atomic E-state index is 3.93. The summed E-state index contributed by atoms with van der Waals surface area (Å²) in [7, 11) is 0. The second-order valence-electron chi connectivity index (χ2n) is 10.6. The van der Waals surface area contributed by atoms with Gasteiger partial charge in [0, 0.05) is 0 Å². The topological polar surface area (TPSA) is 0 Å². The van der Waals surface area contributed by atoms with Crippen molar-refractivity contribution in [3.8, 4) is 11.1 Å². The lowest BCUT2D eigenvalue weighted by Crippen LogP contribution is -1.95. The van der Waals surface area contributed by atoms with Gasteiger partial charge in [-0.15, -0.1) is 0 Å². The standard InChI is InChI=1S/C30H28.C4H10.C3H8/c1-6-12-23(19-20(2)3)24-17-11-18-26(21(24)4)30-22(5)25-13-7-8-14-27(25)28-15-9-10-16-29(28)30;1-4(2)3;1-3-2/h6-19H,1H2,2-5H3;4H,1-3H3;3H2,1-2H3/b23-12+;;. The first-order chi connectivity index (χ1) is 17.7. The van der Waals surface area contributed by atoms with Gasteiger partial charge >= 0.3 is 0 Å². The molecule has 0 aromatic heterocycles. The zero-order valence-electron chi connectivity index (χ0n) is 24.6. The summed E-state index contributed by atoms with van der Waals surface area (Å²) in [6.07, 6.45) is 7.46. The largest absolute Gasteiger partial charge is 0.0990 e. The molecule has 0 fully saturated rings. The van der Waals surface area contributed by atoms with Gasteiger partial charge in [0.2, 0.25) is 0 Å². The van der Waals surface area contributed by atoms with Gasteiger partial charge in [-0.2, -0.15) is 0 Å². The number of fused-ring (bicyclic) bond motifs is 3. The summed E-state index contributed by atoms with van der Waals surface area (Å²) in [5, 5.41) is 5.26. The molecule has 0 heteroatoms. The quantitative estimate of drug-likeness (QED) is 0.197. The molecule has 0 nitrogen and oxygen atoms in total. The highest BCUT2D eigenvalue weighted by atomic mass is 14.2. The van der Waals surface area contributed by atoms with Crippen LogP contribution in [0, 0.1) is 19.8 Å². The molecular formula is C37H46. The van der Waals surface area contributed by atoms with Crippen LogP contribution in [0.5, 0.6) is 0 Å². The Bertz CT molecular complexity index is 1390. The van der Waals surface area contributed by atoms with E-state index in [1.54, 1.807) is 0 Å². The van der Waals surface area contributed by atoms with E-state index < -0.39 is 0 Å². The van der Waals surface area contributed by atoms with Gasteiger partial charge in [-0.1, -0.05) is 138 Å². The van der Waals surface area contributed by atoms with E-state index in [0.717, 1.165) is 5.92 Å². The first-order valence-corrected chi connectivity index (χ1v) is 13.7. The molecule has 0 spiro atoms. The summed E-state index contributed by atoms with van der Waals surface area (Å²) in [5.41, 5.74) is 8.99. The van der Waals surface area contributed by atoms with Gasteiger partial charge in [-0.3, -0.25) is 0 Å². The molecule has 0 N–H and O–H groups in total.